The Bertz CT molecular complexity index is 597. The lowest BCUT2D eigenvalue weighted by molar-refractivity contribution is 1.17. The first kappa shape index (κ1) is 8.73. The van der Waals surface area contributed by atoms with Crippen molar-refractivity contribution in [2.24, 2.45) is 0 Å². The zero-order chi connectivity index (χ0) is 10.1. The molecule has 14 heavy (non-hydrogen) atoms. The minimum Gasteiger partial charge on any atom is -0.297 e. The number of halogens is 1. The quantitative estimate of drug-likeness (QED) is 0.662. The molecule has 0 bridgehead atoms. The predicted octanol–water partition coefficient (Wildman–Crippen LogP) is 1.45. The molecule has 0 unspecified atom stereocenters. The molecule has 0 fully saturated rings. The van der Waals surface area contributed by atoms with Crippen LogP contribution in [0.25, 0.3) is 10.9 Å². The topological polar surface area (TPSA) is 69.5 Å². The minimum absolute atomic E-state index is 0.0255. The minimum atomic E-state index is -0.392. The van der Waals surface area contributed by atoms with E-state index in [1.54, 1.807) is 18.2 Å². The van der Waals surface area contributed by atoms with Crippen LogP contribution in [0.3, 0.4) is 0 Å². The molecule has 0 aliphatic rings. The van der Waals surface area contributed by atoms with Crippen LogP contribution in [0.5, 0.6) is 0 Å². The van der Waals surface area contributed by atoms with Gasteiger partial charge in [0.25, 0.3) is 5.56 Å². The molecule has 1 N–H and O–H groups in total. The molecule has 1 heterocycles. The molecule has 0 saturated carbocycles. The summed E-state index contributed by atoms with van der Waals surface area (Å²) in [7, 11) is 0. The summed E-state index contributed by atoms with van der Waals surface area (Å²) in [4.78, 5) is 17.7. The Labute approximate surface area is 83.8 Å². The van der Waals surface area contributed by atoms with Crippen LogP contribution < -0.4 is 5.56 Å². The highest BCUT2D eigenvalue weighted by Gasteiger charge is 2.06. The van der Waals surface area contributed by atoms with Gasteiger partial charge in [0.15, 0.2) is 0 Å². The maximum atomic E-state index is 11.4. The molecule has 0 atom stereocenters. The highest BCUT2D eigenvalue weighted by atomic mass is 35.5. The van der Waals surface area contributed by atoms with Crippen LogP contribution >= 0.6 is 11.6 Å². The van der Waals surface area contributed by atoms with Gasteiger partial charge in [0.1, 0.15) is 6.07 Å². The van der Waals surface area contributed by atoms with E-state index in [4.69, 9.17) is 16.9 Å². The number of fused-ring (bicyclic) bond motifs is 1. The Morgan fingerprint density at radius 3 is 3.00 bits per heavy atom. The number of hydrogen-bond donors (Lipinski definition) is 1. The number of nitriles is 1. The first-order valence-corrected chi connectivity index (χ1v) is 4.19. The fourth-order valence-corrected chi connectivity index (χ4v) is 1.43. The second kappa shape index (κ2) is 3.13. The number of rotatable bonds is 0. The van der Waals surface area contributed by atoms with Crippen LogP contribution in [-0.2, 0) is 0 Å². The Hall–Kier alpha value is -1.86. The zero-order valence-electron chi connectivity index (χ0n) is 6.91. The Balaban J connectivity index is 3.04. The zero-order valence-corrected chi connectivity index (χ0v) is 7.67. The third-order valence-electron chi connectivity index (χ3n) is 1.83. The number of aromatic nitrogens is 2. The summed E-state index contributed by atoms with van der Waals surface area (Å²) in [6.45, 7) is 0. The van der Waals surface area contributed by atoms with Crippen LogP contribution in [0.2, 0.25) is 5.28 Å². The van der Waals surface area contributed by atoms with Gasteiger partial charge in [-0.3, -0.25) is 9.78 Å². The van der Waals surface area contributed by atoms with Gasteiger partial charge < -0.3 is 0 Å². The lowest BCUT2D eigenvalue weighted by atomic mass is 10.1. The van der Waals surface area contributed by atoms with E-state index in [-0.39, 0.29) is 10.7 Å². The molecule has 68 valence electrons. The molecular formula is C9H4ClN3O. The van der Waals surface area contributed by atoms with Crippen molar-refractivity contribution < 1.29 is 0 Å². The van der Waals surface area contributed by atoms with E-state index in [2.05, 4.69) is 9.97 Å². The molecule has 0 radical (unpaired) electrons. The second-order valence-corrected chi connectivity index (χ2v) is 3.03. The van der Waals surface area contributed by atoms with E-state index in [0.717, 1.165) is 0 Å². The van der Waals surface area contributed by atoms with Crippen molar-refractivity contribution in [3.63, 3.8) is 0 Å². The summed E-state index contributed by atoms with van der Waals surface area (Å²) in [5.74, 6) is 0. The van der Waals surface area contributed by atoms with Gasteiger partial charge in [-0.1, -0.05) is 6.07 Å². The van der Waals surface area contributed by atoms with Gasteiger partial charge in [-0.2, -0.15) is 5.26 Å². The molecule has 5 heteroatoms. The van der Waals surface area contributed by atoms with E-state index >= 15 is 0 Å². The molecule has 2 rings (SSSR count). The summed E-state index contributed by atoms with van der Waals surface area (Å²) >= 11 is 5.57. The van der Waals surface area contributed by atoms with Gasteiger partial charge in [-0.25, -0.2) is 4.98 Å². The van der Waals surface area contributed by atoms with E-state index in [1.807, 2.05) is 6.07 Å². The summed E-state index contributed by atoms with van der Waals surface area (Å²) in [5.41, 5.74) is 0.336. The summed E-state index contributed by atoms with van der Waals surface area (Å²) in [5, 5.41) is 9.07. The van der Waals surface area contributed by atoms with E-state index < -0.39 is 5.56 Å². The molecule has 0 amide bonds. The number of benzene rings is 1. The van der Waals surface area contributed by atoms with Gasteiger partial charge in [0, 0.05) is 0 Å². The number of hydrogen-bond acceptors (Lipinski definition) is 3. The average Bonchev–Trinajstić information content (AvgIpc) is 2.16. The van der Waals surface area contributed by atoms with Crippen molar-refractivity contribution in [1.29, 1.82) is 5.26 Å². The first-order chi connectivity index (χ1) is 6.72. The number of H-pyrrole nitrogens is 1. The van der Waals surface area contributed by atoms with Crippen LogP contribution in [-0.4, -0.2) is 9.97 Å². The summed E-state index contributed by atoms with van der Waals surface area (Å²) in [6, 6.07) is 6.78. The maximum Gasteiger partial charge on any atom is 0.261 e. The normalized spacial score (nSPS) is 10.0. The summed E-state index contributed by atoms with van der Waals surface area (Å²) in [6.07, 6.45) is 0. The average molecular weight is 206 g/mol. The largest absolute Gasteiger partial charge is 0.297 e. The van der Waals surface area contributed by atoms with Crippen molar-refractivity contribution >= 4 is 22.5 Å². The van der Waals surface area contributed by atoms with Gasteiger partial charge in [-0.05, 0) is 23.7 Å². The molecule has 0 saturated heterocycles. The van der Waals surface area contributed by atoms with Crippen LogP contribution in [0.4, 0.5) is 0 Å². The molecule has 1 aromatic heterocycles. The molecule has 2 aromatic rings. The van der Waals surface area contributed by atoms with E-state index in [1.165, 1.54) is 0 Å². The second-order valence-electron chi connectivity index (χ2n) is 2.67. The molecule has 0 aliphatic carbocycles. The fraction of sp³-hybridized carbons (Fsp3) is 0. The fourth-order valence-electron chi connectivity index (χ4n) is 1.25. The van der Waals surface area contributed by atoms with Crippen molar-refractivity contribution in [2.45, 2.75) is 0 Å². The maximum absolute atomic E-state index is 11.4. The van der Waals surface area contributed by atoms with E-state index in [0.29, 0.717) is 11.1 Å². The third-order valence-corrected chi connectivity index (χ3v) is 2.00. The van der Waals surface area contributed by atoms with Crippen molar-refractivity contribution in [1.82, 2.24) is 9.97 Å². The molecular weight excluding hydrogens is 202 g/mol. The van der Waals surface area contributed by atoms with Crippen molar-refractivity contribution in [3.8, 4) is 6.07 Å². The van der Waals surface area contributed by atoms with Gasteiger partial charge in [0.05, 0.1) is 16.5 Å². The van der Waals surface area contributed by atoms with E-state index in [9.17, 15) is 4.79 Å². The Morgan fingerprint density at radius 1 is 1.50 bits per heavy atom. The van der Waals surface area contributed by atoms with Crippen molar-refractivity contribution in [3.05, 3.63) is 39.4 Å². The Morgan fingerprint density at radius 2 is 2.29 bits per heavy atom. The molecule has 4 nitrogen and oxygen atoms in total. The third kappa shape index (κ3) is 1.24. The number of nitrogens with zero attached hydrogens (tertiary/aromatic N) is 2. The predicted molar refractivity (Wildman–Crippen MR) is 52.1 cm³/mol. The molecule has 0 spiro atoms. The van der Waals surface area contributed by atoms with Crippen LogP contribution in [0.1, 0.15) is 5.56 Å². The van der Waals surface area contributed by atoms with Crippen molar-refractivity contribution in [2.75, 3.05) is 0 Å². The standard InChI is InChI=1S/C9H4ClN3O/c10-9-12-6-3-1-2-5(4-11)7(6)8(14)13-9/h1-3H,(H,12,13,14). The first-order valence-electron chi connectivity index (χ1n) is 3.81. The number of nitrogens with one attached hydrogen (secondary N) is 1. The summed E-state index contributed by atoms with van der Waals surface area (Å²) < 4.78 is 0. The lowest BCUT2D eigenvalue weighted by Crippen LogP contribution is -2.09. The number of aromatic amines is 1. The molecule has 0 aliphatic heterocycles. The highest BCUT2D eigenvalue weighted by Crippen LogP contribution is 2.12. The monoisotopic (exact) mass is 205 g/mol. The molecule has 1 aromatic carbocycles. The van der Waals surface area contributed by atoms with Crippen LogP contribution in [0, 0.1) is 11.3 Å². The smallest absolute Gasteiger partial charge is 0.261 e. The van der Waals surface area contributed by atoms with Gasteiger partial charge >= 0.3 is 0 Å². The van der Waals surface area contributed by atoms with Gasteiger partial charge in [0.2, 0.25) is 5.28 Å². The van der Waals surface area contributed by atoms with Gasteiger partial charge in [-0.15, -0.1) is 0 Å². The lowest BCUT2D eigenvalue weighted by Gasteiger charge is -1.97. The Kier molecular flexibility index (Phi) is 1.95. The SMILES string of the molecule is N#Cc1cccc2nc(Cl)[nH]c(=O)c12. The van der Waals surface area contributed by atoms with Crippen LogP contribution in [0.15, 0.2) is 23.0 Å². The highest BCUT2D eigenvalue weighted by molar-refractivity contribution is 6.28.